The summed E-state index contributed by atoms with van der Waals surface area (Å²) in [6.07, 6.45) is 6.27. The van der Waals surface area contributed by atoms with E-state index in [0.717, 1.165) is 12.8 Å². The monoisotopic (exact) mass is 165 g/mol. The second-order valence-corrected chi connectivity index (χ2v) is 3.42. The van der Waals surface area contributed by atoms with E-state index in [2.05, 4.69) is 0 Å². The lowest BCUT2D eigenvalue weighted by molar-refractivity contribution is -0.137. The molecule has 0 bridgehead atoms. The molecular weight excluding hydrogens is 154 g/mol. The maximum Gasteiger partial charge on any atom is 0.253 e. The highest BCUT2D eigenvalue weighted by atomic mass is 16.2. The smallest absolute Gasteiger partial charge is 0.253 e. The molecule has 1 aliphatic heterocycles. The maximum absolute atomic E-state index is 11.1. The minimum atomic E-state index is -0.146. The van der Waals surface area contributed by atoms with Crippen LogP contribution in [0.2, 0.25) is 0 Å². The summed E-state index contributed by atoms with van der Waals surface area (Å²) in [4.78, 5) is 23.5. The zero-order valence-corrected chi connectivity index (χ0v) is 6.82. The van der Waals surface area contributed by atoms with E-state index in [-0.39, 0.29) is 11.8 Å². The van der Waals surface area contributed by atoms with Gasteiger partial charge in [-0.25, -0.2) is 0 Å². The van der Waals surface area contributed by atoms with Crippen LogP contribution in [0.5, 0.6) is 0 Å². The van der Waals surface area contributed by atoms with E-state index in [1.54, 1.807) is 0 Å². The number of imide groups is 1. The summed E-state index contributed by atoms with van der Waals surface area (Å²) >= 11 is 0. The Morgan fingerprint density at radius 1 is 1.25 bits per heavy atom. The van der Waals surface area contributed by atoms with Gasteiger partial charge in [-0.05, 0) is 18.8 Å². The standard InChI is InChI=1S/C9H11NO2/c11-8-4-5-9(12)10(8)6-7-2-1-3-7/h4-5,7H,1-3,6H2. The second kappa shape index (κ2) is 2.73. The molecule has 2 aliphatic rings. The van der Waals surface area contributed by atoms with Crippen molar-refractivity contribution >= 4 is 11.8 Å². The molecule has 0 unspecified atom stereocenters. The van der Waals surface area contributed by atoms with Crippen molar-refractivity contribution in [2.24, 2.45) is 5.92 Å². The van der Waals surface area contributed by atoms with E-state index in [1.165, 1.54) is 23.5 Å². The quantitative estimate of drug-likeness (QED) is 0.565. The number of hydrogen-bond donors (Lipinski definition) is 0. The predicted octanol–water partition coefficient (Wildman–Crippen LogP) is 0.711. The Morgan fingerprint density at radius 2 is 1.83 bits per heavy atom. The van der Waals surface area contributed by atoms with Crippen LogP contribution in [0.3, 0.4) is 0 Å². The summed E-state index contributed by atoms with van der Waals surface area (Å²) in [5.41, 5.74) is 0. The van der Waals surface area contributed by atoms with Gasteiger partial charge in [0.1, 0.15) is 0 Å². The van der Waals surface area contributed by atoms with Gasteiger partial charge < -0.3 is 0 Å². The maximum atomic E-state index is 11.1. The average molecular weight is 165 g/mol. The molecule has 0 N–H and O–H groups in total. The van der Waals surface area contributed by atoms with Crippen LogP contribution < -0.4 is 0 Å². The Kier molecular flexibility index (Phi) is 1.71. The van der Waals surface area contributed by atoms with E-state index >= 15 is 0 Å². The van der Waals surface area contributed by atoms with Crippen LogP contribution in [0.4, 0.5) is 0 Å². The molecule has 3 nitrogen and oxygen atoms in total. The van der Waals surface area contributed by atoms with Gasteiger partial charge in [0, 0.05) is 18.7 Å². The van der Waals surface area contributed by atoms with Crippen molar-refractivity contribution < 1.29 is 9.59 Å². The minimum absolute atomic E-state index is 0.146. The van der Waals surface area contributed by atoms with Gasteiger partial charge in [-0.2, -0.15) is 0 Å². The molecule has 64 valence electrons. The number of carbonyl (C=O) groups excluding carboxylic acids is 2. The van der Waals surface area contributed by atoms with Gasteiger partial charge in [-0.1, -0.05) is 6.42 Å². The SMILES string of the molecule is O=C1C=CC(=O)N1CC1CCC1. The number of carbonyl (C=O) groups is 2. The highest BCUT2D eigenvalue weighted by Gasteiger charge is 2.28. The van der Waals surface area contributed by atoms with Crippen molar-refractivity contribution in [3.05, 3.63) is 12.2 Å². The molecule has 1 heterocycles. The Hall–Kier alpha value is -1.12. The Balaban J connectivity index is 1.94. The van der Waals surface area contributed by atoms with Crippen LogP contribution in [-0.2, 0) is 9.59 Å². The molecule has 0 saturated heterocycles. The highest BCUT2D eigenvalue weighted by molar-refractivity contribution is 6.12. The third-order valence-electron chi connectivity index (χ3n) is 2.57. The summed E-state index contributed by atoms with van der Waals surface area (Å²) in [6, 6.07) is 0. The molecule has 0 spiro atoms. The fourth-order valence-electron chi connectivity index (χ4n) is 1.54. The van der Waals surface area contributed by atoms with Crippen LogP contribution in [0.15, 0.2) is 12.2 Å². The van der Waals surface area contributed by atoms with Crippen molar-refractivity contribution in [3.63, 3.8) is 0 Å². The van der Waals surface area contributed by atoms with E-state index < -0.39 is 0 Å². The topological polar surface area (TPSA) is 37.4 Å². The molecule has 1 fully saturated rings. The first kappa shape index (κ1) is 7.53. The Morgan fingerprint density at radius 3 is 2.25 bits per heavy atom. The molecular formula is C9H11NO2. The highest BCUT2D eigenvalue weighted by Crippen LogP contribution is 2.27. The van der Waals surface area contributed by atoms with Gasteiger partial charge in [0.05, 0.1) is 0 Å². The zero-order valence-electron chi connectivity index (χ0n) is 6.82. The molecule has 0 atom stereocenters. The van der Waals surface area contributed by atoms with E-state index in [4.69, 9.17) is 0 Å². The van der Waals surface area contributed by atoms with E-state index in [0.29, 0.717) is 12.5 Å². The lowest BCUT2D eigenvalue weighted by Crippen LogP contribution is -2.36. The molecule has 1 saturated carbocycles. The molecule has 12 heavy (non-hydrogen) atoms. The van der Waals surface area contributed by atoms with Gasteiger partial charge in [0.2, 0.25) is 0 Å². The van der Waals surface area contributed by atoms with Crippen molar-refractivity contribution in [1.82, 2.24) is 4.90 Å². The molecule has 0 aromatic carbocycles. The first-order chi connectivity index (χ1) is 5.77. The number of hydrogen-bond acceptors (Lipinski definition) is 2. The Labute approximate surface area is 71.0 Å². The summed E-state index contributed by atoms with van der Waals surface area (Å²) in [6.45, 7) is 0.630. The summed E-state index contributed by atoms with van der Waals surface area (Å²) in [7, 11) is 0. The molecule has 0 aromatic rings. The first-order valence-corrected chi connectivity index (χ1v) is 4.31. The molecule has 3 heteroatoms. The van der Waals surface area contributed by atoms with Crippen molar-refractivity contribution in [3.8, 4) is 0 Å². The van der Waals surface area contributed by atoms with Crippen molar-refractivity contribution in [2.45, 2.75) is 19.3 Å². The third-order valence-corrected chi connectivity index (χ3v) is 2.57. The predicted molar refractivity (Wildman–Crippen MR) is 43.2 cm³/mol. The Bertz CT molecular complexity index is 235. The molecule has 2 amide bonds. The summed E-state index contributed by atoms with van der Waals surface area (Å²) < 4.78 is 0. The normalized spacial score (nSPS) is 23.5. The molecule has 1 aliphatic carbocycles. The van der Waals surface area contributed by atoms with Gasteiger partial charge in [0.25, 0.3) is 11.8 Å². The minimum Gasteiger partial charge on any atom is -0.275 e. The first-order valence-electron chi connectivity index (χ1n) is 4.31. The molecule has 0 aromatic heterocycles. The lowest BCUT2D eigenvalue weighted by Gasteiger charge is -2.28. The second-order valence-electron chi connectivity index (χ2n) is 3.42. The summed E-state index contributed by atoms with van der Waals surface area (Å²) in [5, 5.41) is 0. The fraction of sp³-hybridized carbons (Fsp3) is 0.556. The van der Waals surface area contributed by atoms with E-state index in [1.807, 2.05) is 0 Å². The number of rotatable bonds is 2. The van der Waals surface area contributed by atoms with Crippen molar-refractivity contribution in [2.75, 3.05) is 6.54 Å². The van der Waals surface area contributed by atoms with Crippen LogP contribution in [-0.4, -0.2) is 23.3 Å². The van der Waals surface area contributed by atoms with Crippen LogP contribution in [0.1, 0.15) is 19.3 Å². The summed E-state index contributed by atoms with van der Waals surface area (Å²) in [5.74, 6) is 0.275. The van der Waals surface area contributed by atoms with Crippen LogP contribution >= 0.6 is 0 Å². The van der Waals surface area contributed by atoms with Gasteiger partial charge >= 0.3 is 0 Å². The van der Waals surface area contributed by atoms with Gasteiger partial charge in [-0.3, -0.25) is 14.5 Å². The van der Waals surface area contributed by atoms with Gasteiger partial charge in [0.15, 0.2) is 0 Å². The van der Waals surface area contributed by atoms with E-state index in [9.17, 15) is 9.59 Å². The van der Waals surface area contributed by atoms with Crippen LogP contribution in [0, 0.1) is 5.92 Å². The molecule has 0 radical (unpaired) electrons. The fourth-order valence-corrected chi connectivity index (χ4v) is 1.54. The number of amides is 2. The lowest BCUT2D eigenvalue weighted by atomic mass is 9.85. The third kappa shape index (κ3) is 1.15. The van der Waals surface area contributed by atoms with Crippen LogP contribution in [0.25, 0.3) is 0 Å². The van der Waals surface area contributed by atoms with Gasteiger partial charge in [-0.15, -0.1) is 0 Å². The van der Waals surface area contributed by atoms with Crippen molar-refractivity contribution in [1.29, 1.82) is 0 Å². The number of nitrogens with zero attached hydrogens (tertiary/aromatic N) is 1. The largest absolute Gasteiger partial charge is 0.275 e. The zero-order chi connectivity index (χ0) is 8.55. The molecule has 2 rings (SSSR count). The average Bonchev–Trinajstić information content (AvgIpc) is 2.25.